The number of benzene rings is 3. The topological polar surface area (TPSA) is 233 Å². The highest BCUT2D eigenvalue weighted by molar-refractivity contribution is 8.05. The van der Waals surface area contributed by atoms with E-state index in [1.165, 1.54) is 48.2 Å². The summed E-state index contributed by atoms with van der Waals surface area (Å²) in [4.78, 5) is 11.5. The first-order valence-corrected chi connectivity index (χ1v) is 17.5. The van der Waals surface area contributed by atoms with E-state index in [2.05, 4.69) is 14.4 Å². The molecule has 0 aliphatic rings. The van der Waals surface area contributed by atoms with E-state index in [9.17, 15) is 13.2 Å². The van der Waals surface area contributed by atoms with Crippen LogP contribution in [0.4, 0.5) is 21.9 Å². The number of nitrogens with two attached hydrogens (primary N) is 4. The third-order valence-electron chi connectivity index (χ3n) is 6.15. The molecule has 1 heterocycles. The van der Waals surface area contributed by atoms with Gasteiger partial charge in [0.25, 0.3) is 10.0 Å². The molecule has 0 saturated heterocycles. The minimum absolute atomic E-state index is 0.117. The van der Waals surface area contributed by atoms with Gasteiger partial charge in [0.1, 0.15) is 15.6 Å². The monoisotopic (exact) mass is 658 g/mol. The molecule has 226 valence electrons. The zero-order valence-electron chi connectivity index (χ0n) is 23.1. The minimum Gasteiger partial charge on any atom is -0.398 e. The van der Waals surface area contributed by atoms with Crippen LogP contribution >= 0.6 is 23.1 Å². The maximum Gasteiger partial charge on any atom is 0.316 e. The van der Waals surface area contributed by atoms with E-state index in [1.54, 1.807) is 30.5 Å². The highest BCUT2D eigenvalue weighted by atomic mass is 32.3. The average molecular weight is 659 g/mol. The Morgan fingerprint density at radius 3 is 2.28 bits per heavy atom. The largest absolute Gasteiger partial charge is 0.398 e. The fraction of sp³-hybridized carbons (Fsp3) is 0.111. The molecule has 4 rings (SSSR count). The van der Waals surface area contributed by atoms with Crippen LogP contribution in [0.2, 0.25) is 0 Å². The van der Waals surface area contributed by atoms with E-state index in [0.717, 1.165) is 22.6 Å². The van der Waals surface area contributed by atoms with Gasteiger partial charge in [0.15, 0.2) is 0 Å². The van der Waals surface area contributed by atoms with Gasteiger partial charge in [-0.05, 0) is 78.9 Å². The lowest BCUT2D eigenvalue weighted by Gasteiger charge is -2.16. The molecule has 0 radical (unpaired) electrons. The van der Waals surface area contributed by atoms with Crippen LogP contribution < -0.4 is 33.6 Å². The molecular formula is C27H30N8O4S4. The third kappa shape index (κ3) is 6.78. The molecular weight excluding hydrogens is 629 g/mol. The summed E-state index contributed by atoms with van der Waals surface area (Å²) in [6.45, 7) is 2.09. The van der Waals surface area contributed by atoms with Crippen molar-refractivity contribution in [1.82, 2.24) is 0 Å². The number of hydrogen-bond donors (Lipinski definition) is 7. The first-order valence-electron chi connectivity index (χ1n) is 12.5. The number of hydrogen-bond acceptors (Lipinski definition) is 10. The molecule has 0 fully saturated rings. The van der Waals surface area contributed by atoms with Gasteiger partial charge in [0, 0.05) is 22.6 Å². The lowest BCUT2D eigenvalue weighted by atomic mass is 9.98. The highest BCUT2D eigenvalue weighted by Gasteiger charge is 2.28. The molecule has 1 atom stereocenters. The van der Waals surface area contributed by atoms with Gasteiger partial charge < -0.3 is 33.6 Å². The number of amides is 2. The summed E-state index contributed by atoms with van der Waals surface area (Å²) in [6, 6.07) is 15.9. The van der Waals surface area contributed by atoms with Crippen molar-refractivity contribution in [3.8, 4) is 11.1 Å². The summed E-state index contributed by atoms with van der Waals surface area (Å²) in [5, 5.41) is 13.3. The number of thiophene rings is 1. The number of aryl methyl sites for hydroxylation is 1. The number of carbonyl (C=O) groups is 1. The zero-order chi connectivity index (χ0) is 31.5. The Kier molecular flexibility index (Phi) is 9.36. The van der Waals surface area contributed by atoms with Crippen LogP contribution in [0.15, 0.2) is 89.4 Å². The standard InChI is InChI=1S/C27H30N8O4S4/c1-15-10-18(33-14-28)12-21(29)24(15)16-4-3-5-20(11-16)42(37,23-13-22(25(30)31)41-26(23)40-2)35-43(38,39)19-8-6-17(7-9-19)34-27(32)36/h3-13,33H,14,28-29H2,1-2H3,(H3,30,31)(H3,32,34,36). The SMILES string of the molecule is CSc1sc(C(=N)N)cc1S(=O)(=NS(=O)(=O)c1ccc(NC(N)=O)cc1)c1cccc(-c2c(C)cc(NCN)cc2N)c1. The molecule has 11 N–H and O–H groups in total. The summed E-state index contributed by atoms with van der Waals surface area (Å²) < 4.78 is 47.0. The first-order chi connectivity index (χ1) is 20.3. The molecule has 1 unspecified atom stereocenters. The van der Waals surface area contributed by atoms with Crippen molar-refractivity contribution in [2.45, 2.75) is 25.8 Å². The van der Waals surface area contributed by atoms with Crippen molar-refractivity contribution < 1.29 is 17.4 Å². The summed E-state index contributed by atoms with van der Waals surface area (Å²) >= 11 is 2.36. The van der Waals surface area contributed by atoms with Crippen LogP contribution in [0.25, 0.3) is 11.1 Å². The molecule has 16 heteroatoms. The van der Waals surface area contributed by atoms with Crippen molar-refractivity contribution in [2.24, 2.45) is 21.0 Å². The van der Waals surface area contributed by atoms with E-state index in [-0.39, 0.29) is 32.9 Å². The highest BCUT2D eigenvalue weighted by Crippen LogP contribution is 2.41. The van der Waals surface area contributed by atoms with E-state index in [0.29, 0.717) is 25.9 Å². The van der Waals surface area contributed by atoms with Crippen LogP contribution in [0.1, 0.15) is 10.4 Å². The van der Waals surface area contributed by atoms with Crippen molar-refractivity contribution in [1.29, 1.82) is 5.41 Å². The quantitative estimate of drug-likeness (QED) is 0.0420. The first kappa shape index (κ1) is 31.8. The smallest absolute Gasteiger partial charge is 0.316 e. The van der Waals surface area contributed by atoms with Gasteiger partial charge in [-0.2, -0.15) is 8.42 Å². The van der Waals surface area contributed by atoms with Crippen molar-refractivity contribution in [3.05, 3.63) is 77.2 Å². The summed E-state index contributed by atoms with van der Waals surface area (Å²) in [6.07, 6.45) is 1.75. The second-order valence-corrected chi connectivity index (χ2v) is 15.2. The molecule has 0 bridgehead atoms. The Hall–Kier alpha value is -4.09. The van der Waals surface area contributed by atoms with Gasteiger partial charge in [-0.25, -0.2) is 9.00 Å². The fourth-order valence-corrected chi connectivity index (χ4v) is 10.9. The maximum absolute atomic E-state index is 15.1. The number of sulfonamides is 1. The second-order valence-electron chi connectivity index (χ2n) is 9.14. The lowest BCUT2D eigenvalue weighted by molar-refractivity contribution is 0.259. The van der Waals surface area contributed by atoms with Crippen molar-refractivity contribution >= 4 is 71.8 Å². The Labute approximate surface area is 258 Å². The van der Waals surface area contributed by atoms with Gasteiger partial charge in [0.05, 0.1) is 30.4 Å². The number of carbonyl (C=O) groups excluding carboxylic acids is 1. The number of nitrogens with one attached hydrogen (secondary N) is 3. The van der Waals surface area contributed by atoms with E-state index in [1.807, 2.05) is 13.0 Å². The molecule has 0 aliphatic heterocycles. The van der Waals surface area contributed by atoms with E-state index < -0.39 is 25.8 Å². The molecule has 12 nitrogen and oxygen atoms in total. The molecule has 0 aliphatic carbocycles. The predicted molar refractivity (Wildman–Crippen MR) is 175 cm³/mol. The third-order valence-corrected chi connectivity index (χ3v) is 13.0. The zero-order valence-corrected chi connectivity index (χ0v) is 26.3. The summed E-state index contributed by atoms with van der Waals surface area (Å²) in [5.74, 6) is -0.253. The molecule has 1 aromatic heterocycles. The number of amidine groups is 1. The van der Waals surface area contributed by atoms with Crippen molar-refractivity contribution in [3.63, 3.8) is 0 Å². The Morgan fingerprint density at radius 2 is 1.70 bits per heavy atom. The Balaban J connectivity index is 1.98. The van der Waals surface area contributed by atoms with Crippen LogP contribution in [-0.4, -0.2) is 37.4 Å². The predicted octanol–water partition coefficient (Wildman–Crippen LogP) is 4.41. The van der Waals surface area contributed by atoms with Crippen LogP contribution in [0.5, 0.6) is 0 Å². The van der Waals surface area contributed by atoms with Crippen LogP contribution in [0.3, 0.4) is 0 Å². The molecule has 0 saturated carbocycles. The summed E-state index contributed by atoms with van der Waals surface area (Å²) in [5.41, 5.74) is 26.4. The molecule has 3 aromatic carbocycles. The summed E-state index contributed by atoms with van der Waals surface area (Å²) in [7, 11) is -8.42. The van der Waals surface area contributed by atoms with Crippen LogP contribution in [0, 0.1) is 12.3 Å². The number of nitrogens with zero attached hydrogens (tertiary/aromatic N) is 1. The normalized spacial score (nSPS) is 12.7. The second kappa shape index (κ2) is 12.6. The molecule has 0 spiro atoms. The molecule has 4 aromatic rings. The number of rotatable bonds is 10. The number of nitrogen functional groups attached to an aromatic ring is 2. The number of urea groups is 1. The van der Waals surface area contributed by atoms with Gasteiger partial charge in [-0.3, -0.25) is 5.41 Å². The fourth-order valence-electron chi connectivity index (χ4n) is 4.32. The maximum atomic E-state index is 15.1. The van der Waals surface area contributed by atoms with E-state index in [4.69, 9.17) is 28.3 Å². The Bertz CT molecular complexity index is 1920. The molecule has 2 amide bonds. The average Bonchev–Trinajstić information content (AvgIpc) is 3.39. The van der Waals surface area contributed by atoms with Crippen LogP contribution in [-0.2, 0) is 19.8 Å². The number of thioether (sulfide) groups is 1. The minimum atomic E-state index is -4.53. The van der Waals surface area contributed by atoms with Gasteiger partial charge in [-0.1, -0.05) is 15.9 Å². The number of anilines is 3. The molecule has 43 heavy (non-hydrogen) atoms. The van der Waals surface area contributed by atoms with E-state index >= 15 is 4.21 Å². The Morgan fingerprint density at radius 1 is 1.00 bits per heavy atom. The van der Waals surface area contributed by atoms with Gasteiger partial charge in [0.2, 0.25) is 0 Å². The van der Waals surface area contributed by atoms with Gasteiger partial charge in [-0.15, -0.1) is 23.1 Å². The van der Waals surface area contributed by atoms with Crippen molar-refractivity contribution in [2.75, 3.05) is 29.3 Å². The number of primary amides is 1. The van der Waals surface area contributed by atoms with Gasteiger partial charge >= 0.3 is 6.03 Å². The lowest BCUT2D eigenvalue weighted by Crippen LogP contribution is -2.19.